The maximum Gasteiger partial charge on any atom is 0.387 e. The highest BCUT2D eigenvalue weighted by Crippen LogP contribution is 2.21. The fraction of sp³-hybridized carbons (Fsp3) is 0.571. The van der Waals surface area contributed by atoms with Crippen LogP contribution < -0.4 is 10.1 Å². The zero-order chi connectivity index (χ0) is 15.0. The molecule has 114 valence electrons. The molecule has 0 radical (unpaired) electrons. The van der Waals surface area contributed by atoms with Crippen LogP contribution in [0.4, 0.5) is 8.78 Å². The molecule has 2 unspecified atom stereocenters. The molecule has 0 saturated carbocycles. The molecule has 1 aromatic carbocycles. The topological polar surface area (TPSA) is 50.7 Å². The van der Waals surface area contributed by atoms with Gasteiger partial charge in [0.2, 0.25) is 0 Å². The zero-order valence-corrected chi connectivity index (χ0v) is 11.7. The van der Waals surface area contributed by atoms with Crippen molar-refractivity contribution >= 4 is 0 Å². The summed E-state index contributed by atoms with van der Waals surface area (Å²) in [4.78, 5) is 0. The lowest BCUT2D eigenvalue weighted by atomic mass is 10.1. The van der Waals surface area contributed by atoms with Crippen molar-refractivity contribution in [2.75, 3.05) is 20.3 Å². The van der Waals surface area contributed by atoms with Gasteiger partial charge in [-0.1, -0.05) is 12.1 Å². The molecule has 20 heavy (non-hydrogen) atoms. The van der Waals surface area contributed by atoms with E-state index in [1.54, 1.807) is 19.2 Å². The van der Waals surface area contributed by atoms with E-state index in [-0.39, 0.29) is 24.4 Å². The number of hydrogen-bond donors (Lipinski definition) is 2. The summed E-state index contributed by atoms with van der Waals surface area (Å²) in [5.41, 5.74) is 0.835. The van der Waals surface area contributed by atoms with Gasteiger partial charge in [-0.15, -0.1) is 0 Å². The number of aliphatic hydroxyl groups excluding tert-OH is 1. The smallest absolute Gasteiger partial charge is 0.387 e. The third-order valence-corrected chi connectivity index (χ3v) is 2.91. The molecular formula is C14H21F2NO3. The summed E-state index contributed by atoms with van der Waals surface area (Å²) in [7, 11) is 1.59. The number of ether oxygens (including phenoxy) is 2. The van der Waals surface area contributed by atoms with Crippen LogP contribution in [0, 0.1) is 0 Å². The predicted molar refractivity (Wildman–Crippen MR) is 72.0 cm³/mol. The van der Waals surface area contributed by atoms with Crippen LogP contribution in [0.2, 0.25) is 0 Å². The normalized spacial score (nSPS) is 14.3. The van der Waals surface area contributed by atoms with Gasteiger partial charge >= 0.3 is 6.61 Å². The third-order valence-electron chi connectivity index (χ3n) is 2.91. The van der Waals surface area contributed by atoms with Crippen LogP contribution in [0.15, 0.2) is 24.3 Å². The molecule has 0 amide bonds. The summed E-state index contributed by atoms with van der Waals surface area (Å²) >= 11 is 0. The van der Waals surface area contributed by atoms with Crippen LogP contribution in [-0.4, -0.2) is 38.1 Å². The average molecular weight is 289 g/mol. The monoisotopic (exact) mass is 289 g/mol. The van der Waals surface area contributed by atoms with Crippen LogP contribution >= 0.6 is 0 Å². The molecule has 0 spiro atoms. The van der Waals surface area contributed by atoms with Gasteiger partial charge in [0.25, 0.3) is 0 Å². The highest BCUT2D eigenvalue weighted by molar-refractivity contribution is 5.30. The summed E-state index contributed by atoms with van der Waals surface area (Å²) in [6, 6.07) is 6.50. The van der Waals surface area contributed by atoms with Crippen LogP contribution in [0.1, 0.15) is 24.9 Å². The SMILES string of the molecule is COCC(CCO)NC(C)c1cccc(OC(F)F)c1. The average Bonchev–Trinajstić information content (AvgIpc) is 2.38. The standard InChI is InChI=1S/C14H21F2NO3/c1-10(17-12(6-7-18)9-19-2)11-4-3-5-13(8-11)20-14(15)16/h3-5,8,10,12,14,17-18H,6-7,9H2,1-2H3. The van der Waals surface area contributed by atoms with Crippen molar-refractivity contribution < 1.29 is 23.4 Å². The van der Waals surface area contributed by atoms with Gasteiger partial charge in [0.15, 0.2) is 0 Å². The lowest BCUT2D eigenvalue weighted by Crippen LogP contribution is -2.36. The number of hydrogen-bond acceptors (Lipinski definition) is 4. The van der Waals surface area contributed by atoms with E-state index in [2.05, 4.69) is 10.1 Å². The van der Waals surface area contributed by atoms with E-state index in [9.17, 15) is 8.78 Å². The number of methoxy groups -OCH3 is 1. The Hall–Kier alpha value is -1.24. The first-order valence-electron chi connectivity index (χ1n) is 6.47. The van der Waals surface area contributed by atoms with Crippen molar-refractivity contribution in [1.82, 2.24) is 5.32 Å². The van der Waals surface area contributed by atoms with Gasteiger partial charge in [-0.25, -0.2) is 0 Å². The summed E-state index contributed by atoms with van der Waals surface area (Å²) in [6.45, 7) is -0.383. The second-order valence-corrected chi connectivity index (χ2v) is 4.50. The molecule has 0 aromatic heterocycles. The van der Waals surface area contributed by atoms with Gasteiger partial charge in [-0.05, 0) is 31.0 Å². The molecule has 4 nitrogen and oxygen atoms in total. The molecule has 2 atom stereocenters. The van der Waals surface area contributed by atoms with E-state index in [4.69, 9.17) is 9.84 Å². The van der Waals surface area contributed by atoms with Crippen LogP contribution in [0.3, 0.4) is 0 Å². The van der Waals surface area contributed by atoms with Gasteiger partial charge < -0.3 is 19.9 Å². The predicted octanol–water partition coefficient (Wildman–Crippen LogP) is 2.34. The lowest BCUT2D eigenvalue weighted by molar-refractivity contribution is -0.0499. The molecule has 0 fully saturated rings. The fourth-order valence-corrected chi connectivity index (χ4v) is 1.98. The highest BCUT2D eigenvalue weighted by Gasteiger charge is 2.14. The van der Waals surface area contributed by atoms with Crippen LogP contribution in [0.25, 0.3) is 0 Å². The van der Waals surface area contributed by atoms with Gasteiger partial charge in [-0.2, -0.15) is 8.78 Å². The van der Waals surface area contributed by atoms with Gasteiger partial charge in [0.05, 0.1) is 6.61 Å². The quantitative estimate of drug-likeness (QED) is 0.732. The largest absolute Gasteiger partial charge is 0.435 e. The minimum Gasteiger partial charge on any atom is -0.435 e. The summed E-state index contributed by atoms with van der Waals surface area (Å²) in [5.74, 6) is 0.136. The van der Waals surface area contributed by atoms with Gasteiger partial charge in [-0.3, -0.25) is 0 Å². The number of alkyl halides is 2. The Morgan fingerprint density at radius 1 is 1.35 bits per heavy atom. The molecular weight excluding hydrogens is 268 g/mol. The third kappa shape index (κ3) is 5.81. The molecule has 0 bridgehead atoms. The Morgan fingerprint density at radius 2 is 2.10 bits per heavy atom. The summed E-state index contributed by atoms with van der Waals surface area (Å²) in [6.07, 6.45) is 0.561. The zero-order valence-electron chi connectivity index (χ0n) is 11.7. The molecule has 0 aliphatic carbocycles. The number of aliphatic hydroxyl groups is 1. The second-order valence-electron chi connectivity index (χ2n) is 4.50. The first kappa shape index (κ1) is 16.8. The Bertz CT molecular complexity index is 384. The Labute approximate surface area is 117 Å². The van der Waals surface area contributed by atoms with Crippen molar-refractivity contribution in [2.24, 2.45) is 0 Å². The van der Waals surface area contributed by atoms with Crippen LogP contribution in [0.5, 0.6) is 5.75 Å². The lowest BCUT2D eigenvalue weighted by Gasteiger charge is -2.23. The Balaban J connectivity index is 2.67. The maximum atomic E-state index is 12.2. The number of benzene rings is 1. The Morgan fingerprint density at radius 3 is 2.70 bits per heavy atom. The minimum atomic E-state index is -2.83. The minimum absolute atomic E-state index is 0.000303. The van der Waals surface area contributed by atoms with E-state index in [0.717, 1.165) is 5.56 Å². The van der Waals surface area contributed by atoms with Gasteiger partial charge in [0.1, 0.15) is 5.75 Å². The molecule has 1 rings (SSSR count). The summed E-state index contributed by atoms with van der Waals surface area (Å²) < 4.78 is 33.8. The molecule has 6 heteroatoms. The van der Waals surface area contributed by atoms with E-state index < -0.39 is 6.61 Å². The van der Waals surface area contributed by atoms with Crippen molar-refractivity contribution in [2.45, 2.75) is 32.0 Å². The molecule has 0 aliphatic heterocycles. The molecule has 0 saturated heterocycles. The first-order chi connectivity index (χ1) is 9.56. The maximum absolute atomic E-state index is 12.2. The van der Waals surface area contributed by atoms with E-state index in [1.165, 1.54) is 6.07 Å². The van der Waals surface area contributed by atoms with Crippen LogP contribution in [-0.2, 0) is 4.74 Å². The van der Waals surface area contributed by atoms with E-state index in [0.29, 0.717) is 13.0 Å². The molecule has 0 aliphatic rings. The van der Waals surface area contributed by atoms with Crippen molar-refractivity contribution in [3.05, 3.63) is 29.8 Å². The highest BCUT2D eigenvalue weighted by atomic mass is 19.3. The van der Waals surface area contributed by atoms with Crippen molar-refractivity contribution in [3.63, 3.8) is 0 Å². The van der Waals surface area contributed by atoms with Crippen molar-refractivity contribution in [1.29, 1.82) is 0 Å². The molecule has 0 heterocycles. The summed E-state index contributed by atoms with van der Waals surface area (Å²) in [5, 5.41) is 12.3. The number of nitrogens with one attached hydrogen (secondary N) is 1. The van der Waals surface area contributed by atoms with E-state index in [1.807, 2.05) is 13.0 Å². The molecule has 1 aromatic rings. The Kier molecular flexibility index (Phi) is 7.43. The fourth-order valence-electron chi connectivity index (χ4n) is 1.98. The van der Waals surface area contributed by atoms with E-state index >= 15 is 0 Å². The number of halogens is 2. The van der Waals surface area contributed by atoms with Crippen molar-refractivity contribution in [3.8, 4) is 5.75 Å². The first-order valence-corrected chi connectivity index (χ1v) is 6.47. The van der Waals surface area contributed by atoms with Gasteiger partial charge in [0, 0.05) is 25.8 Å². The second kappa shape index (κ2) is 8.84. The number of rotatable bonds is 9. The molecule has 2 N–H and O–H groups in total.